The van der Waals surface area contributed by atoms with Crippen molar-refractivity contribution in [3.63, 3.8) is 0 Å². The molecule has 3 rings (SSSR count). The smallest absolute Gasteiger partial charge is 0.0198 e. The highest BCUT2D eigenvalue weighted by atomic mass is 14.7. The summed E-state index contributed by atoms with van der Waals surface area (Å²) in [5.41, 5.74) is 1.70. The van der Waals surface area contributed by atoms with Gasteiger partial charge in [0.1, 0.15) is 0 Å². The first-order chi connectivity index (χ1) is 4.87. The van der Waals surface area contributed by atoms with E-state index in [0.717, 1.165) is 10.8 Å². The molecule has 0 saturated heterocycles. The monoisotopic (exact) mass is 134 g/mol. The lowest BCUT2D eigenvalue weighted by molar-refractivity contribution is 0.380. The Kier molecular flexibility index (Phi) is 0.725. The molecule has 2 fully saturated rings. The SMILES string of the molecule is C1=CCC23CCCC2(C1)C3. The maximum Gasteiger partial charge on any atom is -0.0198 e. The number of hydrogen-bond acceptors (Lipinski definition) is 0. The second kappa shape index (κ2) is 1.34. The van der Waals surface area contributed by atoms with E-state index < -0.39 is 0 Å². The highest BCUT2D eigenvalue weighted by Gasteiger charge is 2.68. The molecule has 3 aliphatic carbocycles. The summed E-state index contributed by atoms with van der Waals surface area (Å²) in [7, 11) is 0. The van der Waals surface area contributed by atoms with Crippen LogP contribution in [0.15, 0.2) is 12.2 Å². The first kappa shape index (κ1) is 5.40. The van der Waals surface area contributed by atoms with Crippen molar-refractivity contribution in [2.24, 2.45) is 10.8 Å². The lowest BCUT2D eigenvalue weighted by Gasteiger charge is -2.18. The van der Waals surface area contributed by atoms with E-state index in [1.165, 1.54) is 32.1 Å². The summed E-state index contributed by atoms with van der Waals surface area (Å²) in [5, 5.41) is 0. The van der Waals surface area contributed by atoms with Crippen molar-refractivity contribution in [1.82, 2.24) is 0 Å². The van der Waals surface area contributed by atoms with Crippen molar-refractivity contribution >= 4 is 0 Å². The minimum atomic E-state index is 0.849. The molecule has 2 saturated carbocycles. The zero-order chi connectivity index (χ0) is 6.66. The van der Waals surface area contributed by atoms with E-state index in [4.69, 9.17) is 0 Å². The summed E-state index contributed by atoms with van der Waals surface area (Å²) in [6, 6.07) is 0. The fourth-order valence-electron chi connectivity index (χ4n) is 3.48. The van der Waals surface area contributed by atoms with Gasteiger partial charge in [-0.15, -0.1) is 0 Å². The first-order valence-electron chi connectivity index (χ1n) is 4.52. The fraction of sp³-hybridized carbons (Fsp3) is 0.800. The van der Waals surface area contributed by atoms with Gasteiger partial charge in [-0.25, -0.2) is 0 Å². The molecule has 0 aromatic rings. The van der Waals surface area contributed by atoms with Crippen LogP contribution in [0.5, 0.6) is 0 Å². The van der Waals surface area contributed by atoms with Crippen LogP contribution in [0.4, 0.5) is 0 Å². The van der Waals surface area contributed by atoms with Gasteiger partial charge in [-0.1, -0.05) is 18.6 Å². The zero-order valence-corrected chi connectivity index (χ0v) is 6.40. The molecular weight excluding hydrogens is 120 g/mol. The summed E-state index contributed by atoms with van der Waals surface area (Å²) in [6.45, 7) is 0. The number of hydrogen-bond donors (Lipinski definition) is 0. The Morgan fingerprint density at radius 2 is 1.50 bits per heavy atom. The summed E-state index contributed by atoms with van der Waals surface area (Å²) >= 11 is 0. The van der Waals surface area contributed by atoms with Crippen LogP contribution in [0.1, 0.15) is 38.5 Å². The molecule has 0 spiro atoms. The minimum absolute atomic E-state index is 0.849. The third kappa shape index (κ3) is 0.398. The van der Waals surface area contributed by atoms with E-state index in [1.54, 1.807) is 6.42 Å². The van der Waals surface area contributed by atoms with Crippen LogP contribution in [0.2, 0.25) is 0 Å². The molecule has 2 unspecified atom stereocenters. The molecule has 0 N–H and O–H groups in total. The average Bonchev–Trinajstić information content (AvgIpc) is 2.47. The molecule has 0 amide bonds. The second-order valence-corrected chi connectivity index (χ2v) is 4.47. The molecule has 2 atom stereocenters. The Balaban J connectivity index is 2.03. The minimum Gasteiger partial charge on any atom is -0.0879 e. The van der Waals surface area contributed by atoms with Gasteiger partial charge in [0, 0.05) is 0 Å². The molecular formula is C10H14. The molecule has 0 bridgehead atoms. The quantitative estimate of drug-likeness (QED) is 0.447. The molecule has 0 heterocycles. The molecule has 54 valence electrons. The average molecular weight is 134 g/mol. The normalized spacial score (nSPS) is 56.0. The van der Waals surface area contributed by atoms with E-state index in [2.05, 4.69) is 12.2 Å². The van der Waals surface area contributed by atoms with Gasteiger partial charge in [0.05, 0.1) is 0 Å². The molecule has 0 aromatic carbocycles. The summed E-state index contributed by atoms with van der Waals surface area (Å²) in [6.07, 6.45) is 13.8. The van der Waals surface area contributed by atoms with Gasteiger partial charge in [-0.05, 0) is 42.9 Å². The predicted molar refractivity (Wildman–Crippen MR) is 41.7 cm³/mol. The highest BCUT2D eigenvalue weighted by molar-refractivity contribution is 5.24. The van der Waals surface area contributed by atoms with Crippen LogP contribution in [0.3, 0.4) is 0 Å². The number of rotatable bonds is 0. The Morgan fingerprint density at radius 3 is 2.10 bits per heavy atom. The van der Waals surface area contributed by atoms with E-state index in [9.17, 15) is 0 Å². The Bertz CT molecular complexity index is 184. The summed E-state index contributed by atoms with van der Waals surface area (Å²) < 4.78 is 0. The zero-order valence-electron chi connectivity index (χ0n) is 6.40. The topological polar surface area (TPSA) is 0 Å². The summed E-state index contributed by atoms with van der Waals surface area (Å²) in [5.74, 6) is 0. The molecule has 3 aliphatic rings. The van der Waals surface area contributed by atoms with Gasteiger partial charge in [0.15, 0.2) is 0 Å². The largest absolute Gasteiger partial charge is 0.0879 e. The maximum atomic E-state index is 2.41. The van der Waals surface area contributed by atoms with Gasteiger partial charge >= 0.3 is 0 Å². The lowest BCUT2D eigenvalue weighted by atomic mass is 9.86. The van der Waals surface area contributed by atoms with Crippen molar-refractivity contribution < 1.29 is 0 Å². The van der Waals surface area contributed by atoms with Gasteiger partial charge in [-0.3, -0.25) is 0 Å². The van der Waals surface area contributed by atoms with Gasteiger partial charge in [0.2, 0.25) is 0 Å². The Labute approximate surface area is 62.3 Å². The van der Waals surface area contributed by atoms with Crippen LogP contribution in [-0.4, -0.2) is 0 Å². The van der Waals surface area contributed by atoms with Crippen molar-refractivity contribution in [1.29, 1.82) is 0 Å². The van der Waals surface area contributed by atoms with Gasteiger partial charge < -0.3 is 0 Å². The summed E-state index contributed by atoms with van der Waals surface area (Å²) in [4.78, 5) is 0. The molecule has 0 nitrogen and oxygen atoms in total. The molecule has 10 heavy (non-hydrogen) atoms. The van der Waals surface area contributed by atoms with Gasteiger partial charge in [0.25, 0.3) is 0 Å². The molecule has 0 aromatic heterocycles. The van der Waals surface area contributed by atoms with E-state index >= 15 is 0 Å². The lowest BCUT2D eigenvalue weighted by Crippen LogP contribution is -2.08. The van der Waals surface area contributed by atoms with Crippen LogP contribution in [0.25, 0.3) is 0 Å². The van der Waals surface area contributed by atoms with Crippen LogP contribution < -0.4 is 0 Å². The fourth-order valence-corrected chi connectivity index (χ4v) is 3.48. The van der Waals surface area contributed by atoms with Crippen molar-refractivity contribution in [3.8, 4) is 0 Å². The van der Waals surface area contributed by atoms with Crippen molar-refractivity contribution in [2.45, 2.75) is 38.5 Å². The van der Waals surface area contributed by atoms with Crippen molar-refractivity contribution in [3.05, 3.63) is 12.2 Å². The van der Waals surface area contributed by atoms with Crippen LogP contribution in [0, 0.1) is 10.8 Å². The standard InChI is InChI=1S/C10H14/c1-2-5-10-7-3-6-9(10,4-1)8-10/h1-2H,3-8H2. The van der Waals surface area contributed by atoms with Crippen LogP contribution in [-0.2, 0) is 0 Å². The Morgan fingerprint density at radius 1 is 0.900 bits per heavy atom. The predicted octanol–water partition coefficient (Wildman–Crippen LogP) is 2.90. The first-order valence-corrected chi connectivity index (χ1v) is 4.52. The van der Waals surface area contributed by atoms with E-state index in [0.29, 0.717) is 0 Å². The van der Waals surface area contributed by atoms with Crippen LogP contribution >= 0.6 is 0 Å². The third-order valence-corrected chi connectivity index (χ3v) is 4.17. The van der Waals surface area contributed by atoms with Gasteiger partial charge in [-0.2, -0.15) is 0 Å². The molecule has 0 aliphatic heterocycles. The van der Waals surface area contributed by atoms with E-state index in [1.807, 2.05) is 0 Å². The second-order valence-electron chi connectivity index (χ2n) is 4.47. The molecule has 0 radical (unpaired) electrons. The Hall–Kier alpha value is -0.260. The number of allylic oxidation sites excluding steroid dienone is 2. The highest BCUT2D eigenvalue weighted by Crippen LogP contribution is 2.78. The van der Waals surface area contributed by atoms with Crippen molar-refractivity contribution in [2.75, 3.05) is 0 Å². The third-order valence-electron chi connectivity index (χ3n) is 4.17. The molecule has 0 heteroatoms. The maximum absolute atomic E-state index is 2.41. The van der Waals surface area contributed by atoms with E-state index in [-0.39, 0.29) is 0 Å².